The van der Waals surface area contributed by atoms with Crippen LogP contribution in [-0.2, 0) is 20.7 Å². The summed E-state index contributed by atoms with van der Waals surface area (Å²) in [6, 6.07) is 14.1. The van der Waals surface area contributed by atoms with E-state index in [4.69, 9.17) is 4.74 Å². The highest BCUT2D eigenvalue weighted by Gasteiger charge is 2.45. The molecule has 0 unspecified atom stereocenters. The minimum atomic E-state index is -1.48. The lowest BCUT2D eigenvalue weighted by atomic mass is 9.97. The molecule has 2 saturated heterocycles. The molecular formula is C38H54N4O7. The van der Waals surface area contributed by atoms with Crippen molar-refractivity contribution in [3.05, 3.63) is 59.3 Å². The number of hydrogen-bond donors (Lipinski definition) is 5. The highest BCUT2D eigenvalue weighted by atomic mass is 16.6. The number of carbonyl (C=O) groups is 2. The molecule has 5 N–H and O–H groups in total. The van der Waals surface area contributed by atoms with Crippen molar-refractivity contribution in [2.75, 3.05) is 39.3 Å². The maximum absolute atomic E-state index is 13.3. The summed E-state index contributed by atoms with van der Waals surface area (Å²) < 4.78 is 7.80. The number of carbonyl (C=O) groups excluding carboxylic acids is 2. The number of rotatable bonds is 11. The van der Waals surface area contributed by atoms with E-state index in [0.29, 0.717) is 38.3 Å². The summed E-state index contributed by atoms with van der Waals surface area (Å²) in [4.78, 5) is 30.4. The molecule has 0 bridgehead atoms. The van der Waals surface area contributed by atoms with Crippen LogP contribution in [0.5, 0.6) is 0 Å². The largest absolute Gasteiger partial charge is 0.394 e. The van der Waals surface area contributed by atoms with Crippen LogP contribution in [0.25, 0.3) is 22.0 Å². The van der Waals surface area contributed by atoms with E-state index in [1.165, 1.54) is 0 Å². The molecule has 1 aromatic heterocycles. The maximum atomic E-state index is 13.3. The minimum absolute atomic E-state index is 0.0425. The van der Waals surface area contributed by atoms with Gasteiger partial charge in [-0.1, -0.05) is 50.2 Å². The van der Waals surface area contributed by atoms with Crippen molar-refractivity contribution in [1.29, 1.82) is 0 Å². The van der Waals surface area contributed by atoms with E-state index in [-0.39, 0.29) is 11.8 Å². The molecule has 0 aliphatic carbocycles. The van der Waals surface area contributed by atoms with Crippen molar-refractivity contribution in [3.8, 4) is 11.1 Å². The number of aliphatic hydroxyl groups excluding tert-OH is 4. The fourth-order valence-electron chi connectivity index (χ4n) is 7.44. The second kappa shape index (κ2) is 15.3. The number of ether oxygens (including phenoxy) is 1. The SMILES string of the molecule is Cc1cccc2c1c(-c1ccc(CCCC(=O)NC(C)(C)C(=O)N3CCN(CC(C)C)CC3)cc1)c(C)n2[C@@H]1O[C@H](CO)[C@@H](O)[C@H](O)[C@H]1O. The van der Waals surface area contributed by atoms with Crippen molar-refractivity contribution in [1.82, 2.24) is 19.7 Å². The van der Waals surface area contributed by atoms with Crippen LogP contribution < -0.4 is 5.32 Å². The Morgan fingerprint density at radius 1 is 0.959 bits per heavy atom. The van der Waals surface area contributed by atoms with Gasteiger partial charge in [0.2, 0.25) is 11.8 Å². The summed E-state index contributed by atoms with van der Waals surface area (Å²) in [5.41, 5.74) is 4.69. The van der Waals surface area contributed by atoms with Gasteiger partial charge >= 0.3 is 0 Å². The Morgan fingerprint density at radius 2 is 1.63 bits per heavy atom. The van der Waals surface area contributed by atoms with Crippen molar-refractivity contribution < 1.29 is 34.8 Å². The van der Waals surface area contributed by atoms with Gasteiger partial charge in [0, 0.05) is 55.8 Å². The zero-order valence-electron chi connectivity index (χ0n) is 29.7. The number of aliphatic hydroxyl groups is 4. The van der Waals surface area contributed by atoms with Gasteiger partial charge in [0.15, 0.2) is 6.23 Å². The quantitative estimate of drug-likeness (QED) is 0.208. The first-order valence-electron chi connectivity index (χ1n) is 17.6. The number of amides is 2. The van der Waals surface area contributed by atoms with Gasteiger partial charge in [-0.2, -0.15) is 0 Å². The first-order chi connectivity index (χ1) is 23.2. The molecule has 11 nitrogen and oxygen atoms in total. The summed E-state index contributed by atoms with van der Waals surface area (Å²) in [5, 5.41) is 45.6. The molecule has 2 fully saturated rings. The number of aryl methyl sites for hydroxylation is 2. The van der Waals surface area contributed by atoms with Gasteiger partial charge in [0.05, 0.1) is 12.1 Å². The van der Waals surface area contributed by atoms with E-state index in [9.17, 15) is 30.0 Å². The Bertz CT molecular complexity index is 1610. The lowest BCUT2D eigenvalue weighted by Gasteiger charge is -2.41. The van der Waals surface area contributed by atoms with Crippen LogP contribution in [-0.4, -0.2) is 116 Å². The summed E-state index contributed by atoms with van der Waals surface area (Å²) >= 11 is 0. The molecule has 2 aromatic carbocycles. The molecule has 5 atom stereocenters. The molecule has 0 spiro atoms. The Labute approximate surface area is 289 Å². The summed E-state index contributed by atoms with van der Waals surface area (Å²) in [6.45, 7) is 15.5. The molecule has 3 aromatic rings. The second-order valence-electron chi connectivity index (χ2n) is 14.7. The number of aromatic nitrogens is 1. The van der Waals surface area contributed by atoms with Crippen LogP contribution in [0.15, 0.2) is 42.5 Å². The van der Waals surface area contributed by atoms with Gasteiger partial charge in [-0.05, 0) is 69.2 Å². The van der Waals surface area contributed by atoms with Crippen LogP contribution in [0.1, 0.15) is 63.6 Å². The van der Waals surface area contributed by atoms with Crippen LogP contribution in [0.3, 0.4) is 0 Å². The molecular weight excluding hydrogens is 624 g/mol. The predicted octanol–water partition coefficient (Wildman–Crippen LogP) is 2.92. The number of nitrogens with zero attached hydrogens (tertiary/aromatic N) is 3. The molecule has 2 aliphatic heterocycles. The van der Waals surface area contributed by atoms with Crippen LogP contribution in [0.2, 0.25) is 0 Å². The van der Waals surface area contributed by atoms with Gasteiger partial charge in [-0.3, -0.25) is 14.5 Å². The van der Waals surface area contributed by atoms with Crippen molar-refractivity contribution in [3.63, 3.8) is 0 Å². The zero-order chi connectivity index (χ0) is 35.6. The molecule has 0 saturated carbocycles. The monoisotopic (exact) mass is 678 g/mol. The Kier molecular flexibility index (Phi) is 11.5. The first-order valence-corrected chi connectivity index (χ1v) is 17.6. The van der Waals surface area contributed by atoms with E-state index in [1.807, 2.05) is 65.8 Å². The van der Waals surface area contributed by atoms with Gasteiger partial charge < -0.3 is 39.9 Å². The number of piperazine rings is 1. The molecule has 0 radical (unpaired) electrons. The summed E-state index contributed by atoms with van der Waals surface area (Å²) in [5.74, 6) is 0.408. The Morgan fingerprint density at radius 3 is 2.27 bits per heavy atom. The van der Waals surface area contributed by atoms with Crippen LogP contribution in [0.4, 0.5) is 0 Å². The Hall–Kier alpha value is -3.32. The lowest BCUT2D eigenvalue weighted by Crippen LogP contribution is -2.59. The average molecular weight is 679 g/mol. The van der Waals surface area contributed by atoms with Crippen LogP contribution in [0, 0.1) is 19.8 Å². The number of hydrogen-bond acceptors (Lipinski definition) is 8. The third-order valence-corrected chi connectivity index (χ3v) is 9.99. The van der Waals surface area contributed by atoms with Gasteiger partial charge in [-0.25, -0.2) is 0 Å². The second-order valence-corrected chi connectivity index (χ2v) is 14.7. The molecule has 3 heterocycles. The third kappa shape index (κ3) is 7.87. The van der Waals surface area contributed by atoms with Crippen molar-refractivity contribution >= 4 is 22.7 Å². The highest BCUT2D eigenvalue weighted by molar-refractivity contribution is 6.00. The zero-order valence-corrected chi connectivity index (χ0v) is 29.7. The lowest BCUT2D eigenvalue weighted by molar-refractivity contribution is -0.250. The molecule has 268 valence electrons. The Balaban J connectivity index is 1.23. The van der Waals surface area contributed by atoms with Crippen LogP contribution >= 0.6 is 0 Å². The normalized spacial score (nSPS) is 23.7. The first kappa shape index (κ1) is 36.9. The number of fused-ring (bicyclic) bond motifs is 1. The maximum Gasteiger partial charge on any atom is 0.247 e. The fourth-order valence-corrected chi connectivity index (χ4v) is 7.44. The van der Waals surface area contributed by atoms with Gasteiger partial charge in [0.25, 0.3) is 0 Å². The standard InChI is InChI=1S/C38H54N4O7/c1-23(2)21-40-17-19-41(20-18-40)37(48)38(5,6)39-30(44)12-8-10-26-13-15-27(16-14-26)32-25(4)42(28-11-7-9-24(3)31(28)32)36-35(47)34(46)33(45)29(22-43)49-36/h7,9,11,13-16,23,29,33-36,43,45-47H,8,10,12,17-22H2,1-6H3,(H,39,44)/t29-,33-,34+,35-,36-/m1/s1. The number of nitrogens with one attached hydrogen (secondary N) is 1. The molecule has 11 heteroatoms. The van der Waals surface area contributed by atoms with Crippen molar-refractivity contribution in [2.45, 2.75) is 97.0 Å². The van der Waals surface area contributed by atoms with Gasteiger partial charge in [0.1, 0.15) is 30.0 Å². The minimum Gasteiger partial charge on any atom is -0.394 e. The molecule has 2 aliphatic rings. The van der Waals surface area contributed by atoms with E-state index < -0.39 is 42.8 Å². The van der Waals surface area contributed by atoms with Crippen molar-refractivity contribution in [2.24, 2.45) is 5.92 Å². The van der Waals surface area contributed by atoms with E-state index >= 15 is 0 Å². The molecule has 2 amide bonds. The number of benzene rings is 2. The average Bonchev–Trinajstić information content (AvgIpc) is 3.36. The topological polar surface area (TPSA) is 148 Å². The van der Waals surface area contributed by atoms with E-state index in [1.54, 1.807) is 13.8 Å². The summed E-state index contributed by atoms with van der Waals surface area (Å²) in [6.07, 6.45) is -4.71. The fraction of sp³-hybridized carbons (Fsp3) is 0.579. The predicted molar refractivity (Wildman–Crippen MR) is 189 cm³/mol. The third-order valence-electron chi connectivity index (χ3n) is 9.99. The van der Waals surface area contributed by atoms with E-state index in [0.717, 1.165) is 58.5 Å². The molecule has 49 heavy (non-hydrogen) atoms. The summed E-state index contributed by atoms with van der Waals surface area (Å²) in [7, 11) is 0. The smallest absolute Gasteiger partial charge is 0.247 e. The highest BCUT2D eigenvalue weighted by Crippen LogP contribution is 2.41. The van der Waals surface area contributed by atoms with E-state index in [2.05, 4.69) is 24.1 Å². The molecule has 5 rings (SSSR count). The van der Waals surface area contributed by atoms with Gasteiger partial charge in [-0.15, -0.1) is 0 Å².